The van der Waals surface area contributed by atoms with Gasteiger partial charge in [0.05, 0.1) is 0 Å². The monoisotopic (exact) mass is 118 g/mol. The van der Waals surface area contributed by atoms with Crippen LogP contribution < -0.4 is 18.9 Å². The Hall–Kier alpha value is -0.463. The number of tetrazole rings is 1. The van der Waals surface area contributed by atoms with Crippen molar-refractivity contribution in [3.63, 3.8) is 0 Å². The second kappa shape index (κ2) is 3.54. The fraction of sp³-hybridized carbons (Fsp3) is 0.500. The summed E-state index contributed by atoms with van der Waals surface area (Å²) in [7, 11) is 3.42. The van der Waals surface area contributed by atoms with Crippen LogP contribution in [0.5, 0.6) is 0 Å². The largest absolute Gasteiger partial charge is 1.00 e. The van der Waals surface area contributed by atoms with Crippen molar-refractivity contribution in [3.8, 4) is 0 Å². The van der Waals surface area contributed by atoms with E-state index in [9.17, 15) is 0 Å². The zero-order chi connectivity index (χ0) is 5.98. The van der Waals surface area contributed by atoms with Gasteiger partial charge in [0, 0.05) is 6.42 Å². The maximum Gasteiger partial charge on any atom is 1.00 e. The molecule has 1 aromatic rings. The molecule has 0 spiro atoms. The first-order chi connectivity index (χ1) is 3.83. The van der Waals surface area contributed by atoms with Crippen LogP contribution in [0.3, 0.4) is 0 Å². The van der Waals surface area contributed by atoms with Crippen molar-refractivity contribution in [2.45, 2.75) is 13.3 Å². The Morgan fingerprint density at radius 3 is 2.56 bits per heavy atom. The topological polar surface area (TPSA) is 43.6 Å². The van der Waals surface area contributed by atoms with Crippen LogP contribution in [0.2, 0.25) is 0 Å². The van der Waals surface area contributed by atoms with Crippen LogP contribution in [0.1, 0.15) is 12.7 Å². The van der Waals surface area contributed by atoms with E-state index in [1.165, 1.54) is 4.80 Å². The van der Waals surface area contributed by atoms with Crippen LogP contribution in [0.25, 0.3) is 0 Å². The standard InChI is InChI=1S/C4H7N4.Li/c1-3-4-5-7-8(2)6-4;/h2-3H2,1H3;/q-1;+1. The Bertz CT molecular complexity index is 173. The third kappa shape index (κ3) is 2.08. The molecule has 0 aliphatic heterocycles. The molecule has 1 heterocycles. The molecule has 0 radical (unpaired) electrons. The number of rotatable bonds is 1. The first kappa shape index (κ1) is 8.54. The zero-order valence-corrected chi connectivity index (χ0v) is 5.70. The minimum atomic E-state index is 0. The summed E-state index contributed by atoms with van der Waals surface area (Å²) < 4.78 is 0. The van der Waals surface area contributed by atoms with Crippen LogP contribution >= 0.6 is 0 Å². The molecule has 9 heavy (non-hydrogen) atoms. The summed E-state index contributed by atoms with van der Waals surface area (Å²) in [5.41, 5.74) is 0. The summed E-state index contributed by atoms with van der Waals surface area (Å²) in [4.78, 5) is 1.21. The molecule has 5 heteroatoms. The average Bonchev–Trinajstić information content (AvgIpc) is 2.14. The van der Waals surface area contributed by atoms with Gasteiger partial charge in [-0.3, -0.25) is 7.05 Å². The molecule has 0 saturated heterocycles. The van der Waals surface area contributed by atoms with E-state index in [1.807, 2.05) is 6.92 Å². The Morgan fingerprint density at radius 1 is 1.67 bits per heavy atom. The van der Waals surface area contributed by atoms with E-state index in [4.69, 9.17) is 0 Å². The summed E-state index contributed by atoms with van der Waals surface area (Å²) >= 11 is 0. The molecule has 0 atom stereocenters. The van der Waals surface area contributed by atoms with Crippen LogP contribution in [0.4, 0.5) is 0 Å². The van der Waals surface area contributed by atoms with E-state index in [1.54, 1.807) is 0 Å². The maximum atomic E-state index is 3.81. The molecule has 0 aliphatic rings. The van der Waals surface area contributed by atoms with Gasteiger partial charge >= 0.3 is 18.9 Å². The van der Waals surface area contributed by atoms with Crippen LogP contribution in [0.15, 0.2) is 0 Å². The van der Waals surface area contributed by atoms with Gasteiger partial charge in [-0.05, 0) is 0 Å². The normalized spacial score (nSPS) is 8.56. The first-order valence-corrected chi connectivity index (χ1v) is 2.42. The van der Waals surface area contributed by atoms with E-state index in [0.29, 0.717) is 0 Å². The van der Waals surface area contributed by atoms with Gasteiger partial charge in [0.1, 0.15) is 0 Å². The van der Waals surface area contributed by atoms with E-state index < -0.39 is 0 Å². The second-order valence-electron chi connectivity index (χ2n) is 1.43. The third-order valence-electron chi connectivity index (χ3n) is 0.810. The predicted octanol–water partition coefficient (Wildman–Crippen LogP) is -3.12. The predicted molar refractivity (Wildman–Crippen MR) is 27.9 cm³/mol. The Balaban J connectivity index is 0.000000640. The van der Waals surface area contributed by atoms with Gasteiger partial charge in [-0.15, -0.1) is 5.10 Å². The van der Waals surface area contributed by atoms with Crippen molar-refractivity contribution in [2.75, 3.05) is 0 Å². The van der Waals surface area contributed by atoms with Gasteiger partial charge in [0.25, 0.3) is 0 Å². The molecule has 0 aliphatic carbocycles. The quantitative estimate of drug-likeness (QED) is 0.289. The van der Waals surface area contributed by atoms with Gasteiger partial charge < -0.3 is 4.80 Å². The van der Waals surface area contributed by atoms with E-state index in [2.05, 4.69) is 22.5 Å². The van der Waals surface area contributed by atoms with Gasteiger partial charge in [-0.2, -0.15) is 5.10 Å². The van der Waals surface area contributed by atoms with Crippen molar-refractivity contribution in [1.29, 1.82) is 0 Å². The molecule has 0 fully saturated rings. The Kier molecular flexibility index (Phi) is 3.36. The third-order valence-corrected chi connectivity index (χ3v) is 0.810. The van der Waals surface area contributed by atoms with Crippen LogP contribution in [0, 0.1) is 7.05 Å². The summed E-state index contributed by atoms with van der Waals surface area (Å²) in [5.74, 6) is 0.736. The van der Waals surface area contributed by atoms with Crippen LogP contribution in [-0.2, 0) is 6.42 Å². The van der Waals surface area contributed by atoms with Crippen molar-refractivity contribution in [2.24, 2.45) is 0 Å². The Morgan fingerprint density at radius 2 is 2.33 bits per heavy atom. The molecule has 0 saturated carbocycles. The molecule has 0 N–H and O–H groups in total. The Labute approximate surface area is 65.8 Å². The first-order valence-electron chi connectivity index (χ1n) is 2.42. The smallest absolute Gasteiger partial charge is 0.301 e. The minimum Gasteiger partial charge on any atom is -0.301 e. The molecule has 1 aromatic heterocycles. The molecule has 0 aromatic carbocycles. The molecule has 0 amide bonds. The summed E-state index contributed by atoms with van der Waals surface area (Å²) in [6.07, 6.45) is 0.815. The summed E-state index contributed by atoms with van der Waals surface area (Å²) in [5, 5.41) is 11.0. The fourth-order valence-corrected chi connectivity index (χ4v) is 0.418. The molecular formula is C4H7LiN4. The van der Waals surface area contributed by atoms with Gasteiger partial charge in [-0.1, -0.05) is 12.1 Å². The number of hydrogen-bond donors (Lipinski definition) is 0. The average molecular weight is 118 g/mol. The summed E-state index contributed by atoms with van der Waals surface area (Å²) in [6, 6.07) is 0. The molecule has 4 nitrogen and oxygen atoms in total. The van der Waals surface area contributed by atoms with Crippen LogP contribution in [-0.4, -0.2) is 20.2 Å². The van der Waals surface area contributed by atoms with Crippen molar-refractivity contribution in [3.05, 3.63) is 12.9 Å². The fourth-order valence-electron chi connectivity index (χ4n) is 0.418. The number of aryl methyl sites for hydroxylation is 1. The van der Waals surface area contributed by atoms with Gasteiger partial charge in [-0.25, -0.2) is 0 Å². The molecule has 0 bridgehead atoms. The molecule has 44 valence electrons. The van der Waals surface area contributed by atoms with Gasteiger partial charge in [0.15, 0.2) is 5.82 Å². The summed E-state index contributed by atoms with van der Waals surface area (Å²) in [6.45, 7) is 1.97. The minimum absolute atomic E-state index is 0. The van der Waals surface area contributed by atoms with E-state index in [0.717, 1.165) is 12.2 Å². The second-order valence-corrected chi connectivity index (χ2v) is 1.43. The maximum absolute atomic E-state index is 3.81. The van der Waals surface area contributed by atoms with Gasteiger partial charge in [0.2, 0.25) is 0 Å². The molecular weight excluding hydrogens is 111 g/mol. The SMILES string of the molecule is [CH2-]n1nnc(CC)n1.[Li+]. The van der Waals surface area contributed by atoms with Crippen molar-refractivity contribution in [1.82, 2.24) is 20.2 Å². The number of hydrogen-bond acceptors (Lipinski definition) is 3. The van der Waals surface area contributed by atoms with Crippen molar-refractivity contribution >= 4 is 0 Å². The number of nitrogens with zero attached hydrogens (tertiary/aromatic N) is 4. The molecule has 1 rings (SSSR count). The number of aromatic nitrogens is 4. The molecule has 0 unspecified atom stereocenters. The van der Waals surface area contributed by atoms with Crippen molar-refractivity contribution < 1.29 is 18.9 Å². The van der Waals surface area contributed by atoms with E-state index in [-0.39, 0.29) is 18.9 Å². The van der Waals surface area contributed by atoms with E-state index >= 15 is 0 Å². The zero-order valence-electron chi connectivity index (χ0n) is 5.70.